The monoisotopic (exact) mass is 126 g/mol. The molecule has 1 unspecified atom stereocenters. The van der Waals surface area contributed by atoms with Gasteiger partial charge in [0.05, 0.1) is 0 Å². The second-order valence-corrected chi connectivity index (χ2v) is 1.78. The third kappa shape index (κ3) is 1.24. The summed E-state index contributed by atoms with van der Waals surface area (Å²) >= 11 is 0. The average molecular weight is 126 g/mol. The molecule has 0 fully saturated rings. The molecule has 1 aromatic rings. The van der Waals surface area contributed by atoms with Gasteiger partial charge in [-0.3, -0.25) is 0 Å². The first-order chi connectivity index (χ1) is 3.93. The Labute approximate surface area is 50.6 Å². The summed E-state index contributed by atoms with van der Waals surface area (Å²) in [4.78, 5) is 7.93. The molecule has 0 aliphatic heterocycles. The van der Waals surface area contributed by atoms with E-state index in [9.17, 15) is 0 Å². The number of rotatable bonds is 1. The molecule has 1 aromatic heterocycles. The maximum absolute atomic E-state index is 3.97. The molecule has 0 saturated carbocycles. The van der Waals surface area contributed by atoms with Crippen molar-refractivity contribution < 1.29 is 0 Å². The molecule has 1 atom stereocenters. The molecule has 0 saturated heterocycles. The minimum atomic E-state index is 0.834. The maximum atomic E-state index is 3.97. The van der Waals surface area contributed by atoms with E-state index in [0.29, 0.717) is 0 Å². The first kappa shape index (κ1) is 5.64. The van der Waals surface area contributed by atoms with Gasteiger partial charge in [0.2, 0.25) is 0 Å². The summed E-state index contributed by atoms with van der Waals surface area (Å²) in [5.41, 5.74) is 0. The van der Waals surface area contributed by atoms with E-state index in [4.69, 9.17) is 0 Å². The van der Waals surface area contributed by atoms with Gasteiger partial charge >= 0.3 is 0 Å². The standard InChI is InChI=1S/C5H7N2P/c8-4-5-6-2-1-3-7-5/h1-3H,4,8H2. The maximum Gasteiger partial charge on any atom is 0.131 e. The Hall–Kier alpha value is -0.490. The van der Waals surface area contributed by atoms with E-state index < -0.39 is 0 Å². The molecule has 1 rings (SSSR count). The minimum absolute atomic E-state index is 0.834. The first-order valence-corrected chi connectivity index (χ1v) is 3.21. The van der Waals surface area contributed by atoms with Gasteiger partial charge in [-0.2, -0.15) is 0 Å². The molecule has 0 spiro atoms. The third-order valence-corrected chi connectivity index (χ3v) is 1.17. The number of nitrogens with zero attached hydrogens (tertiary/aromatic N) is 2. The Bertz CT molecular complexity index is 152. The molecular weight excluding hydrogens is 119 g/mol. The molecule has 0 aliphatic carbocycles. The minimum Gasteiger partial charge on any atom is -0.241 e. The SMILES string of the molecule is PCc1ncccn1. The van der Waals surface area contributed by atoms with Crippen molar-refractivity contribution >= 4 is 9.24 Å². The molecular formula is C5H7N2P. The first-order valence-electron chi connectivity index (χ1n) is 2.39. The zero-order valence-electron chi connectivity index (χ0n) is 4.41. The highest BCUT2D eigenvalue weighted by atomic mass is 31.0. The fourth-order valence-corrected chi connectivity index (χ4v) is 0.646. The Kier molecular flexibility index (Phi) is 1.93. The van der Waals surface area contributed by atoms with Crippen LogP contribution in [0.4, 0.5) is 0 Å². The Balaban J connectivity index is 2.83. The summed E-state index contributed by atoms with van der Waals surface area (Å²) in [5, 5.41) is 0. The van der Waals surface area contributed by atoms with Crippen molar-refractivity contribution in [3.8, 4) is 0 Å². The topological polar surface area (TPSA) is 25.8 Å². The van der Waals surface area contributed by atoms with Crippen molar-refractivity contribution in [2.45, 2.75) is 6.16 Å². The second kappa shape index (κ2) is 2.73. The van der Waals surface area contributed by atoms with Crippen LogP contribution in [0.2, 0.25) is 0 Å². The van der Waals surface area contributed by atoms with Crippen LogP contribution in [0.15, 0.2) is 18.5 Å². The van der Waals surface area contributed by atoms with Gasteiger partial charge in [-0.25, -0.2) is 9.97 Å². The lowest BCUT2D eigenvalue weighted by atomic mass is 10.6. The highest BCUT2D eigenvalue weighted by Crippen LogP contribution is 1.93. The van der Waals surface area contributed by atoms with Gasteiger partial charge in [0.15, 0.2) is 0 Å². The lowest BCUT2D eigenvalue weighted by Crippen LogP contribution is -1.85. The third-order valence-electron chi connectivity index (χ3n) is 0.802. The number of hydrogen-bond donors (Lipinski definition) is 0. The van der Waals surface area contributed by atoms with E-state index in [-0.39, 0.29) is 0 Å². The average Bonchev–Trinajstić information content (AvgIpc) is 1.90. The van der Waals surface area contributed by atoms with E-state index in [1.165, 1.54) is 0 Å². The summed E-state index contributed by atoms with van der Waals surface area (Å²) in [7, 11) is 2.57. The number of aromatic nitrogens is 2. The highest BCUT2D eigenvalue weighted by Gasteiger charge is 1.83. The lowest BCUT2D eigenvalue weighted by molar-refractivity contribution is 1.03. The van der Waals surface area contributed by atoms with Crippen LogP contribution in [0.1, 0.15) is 5.82 Å². The van der Waals surface area contributed by atoms with Crippen LogP contribution in [0, 0.1) is 0 Å². The highest BCUT2D eigenvalue weighted by molar-refractivity contribution is 7.15. The molecule has 8 heavy (non-hydrogen) atoms. The van der Waals surface area contributed by atoms with Gasteiger partial charge < -0.3 is 0 Å². The molecule has 0 amide bonds. The summed E-state index contributed by atoms with van der Waals surface area (Å²) in [6.45, 7) is 0. The van der Waals surface area contributed by atoms with Gasteiger partial charge in [-0.05, 0) is 6.07 Å². The predicted octanol–water partition coefficient (Wildman–Crippen LogP) is 0.852. The van der Waals surface area contributed by atoms with Gasteiger partial charge in [0.1, 0.15) is 5.82 Å². The molecule has 0 aromatic carbocycles. The van der Waals surface area contributed by atoms with Crippen LogP contribution in [0.25, 0.3) is 0 Å². The van der Waals surface area contributed by atoms with Crippen LogP contribution in [-0.4, -0.2) is 9.97 Å². The summed E-state index contributed by atoms with van der Waals surface area (Å²) in [6, 6.07) is 1.81. The molecule has 3 heteroatoms. The zero-order valence-corrected chi connectivity index (χ0v) is 5.57. The Morgan fingerprint density at radius 3 is 2.38 bits per heavy atom. The normalized spacial score (nSPS) is 9.12. The molecule has 0 radical (unpaired) electrons. The van der Waals surface area contributed by atoms with Gasteiger partial charge in [-0.15, -0.1) is 9.24 Å². The zero-order chi connectivity index (χ0) is 5.82. The van der Waals surface area contributed by atoms with Crippen LogP contribution >= 0.6 is 9.24 Å². The van der Waals surface area contributed by atoms with Crippen LogP contribution in [-0.2, 0) is 6.16 Å². The lowest BCUT2D eigenvalue weighted by Gasteiger charge is -1.87. The van der Waals surface area contributed by atoms with E-state index in [1.54, 1.807) is 12.4 Å². The van der Waals surface area contributed by atoms with Gasteiger partial charge in [-0.1, -0.05) is 0 Å². The van der Waals surface area contributed by atoms with Crippen molar-refractivity contribution in [3.05, 3.63) is 24.3 Å². The van der Waals surface area contributed by atoms with Crippen LogP contribution in [0.3, 0.4) is 0 Å². The van der Waals surface area contributed by atoms with E-state index >= 15 is 0 Å². The molecule has 0 N–H and O–H groups in total. The van der Waals surface area contributed by atoms with Crippen molar-refractivity contribution in [1.29, 1.82) is 0 Å². The van der Waals surface area contributed by atoms with Crippen LogP contribution < -0.4 is 0 Å². The molecule has 2 nitrogen and oxygen atoms in total. The van der Waals surface area contributed by atoms with Crippen LogP contribution in [0.5, 0.6) is 0 Å². The molecule has 0 bridgehead atoms. The quantitative estimate of drug-likeness (QED) is 0.521. The van der Waals surface area contributed by atoms with Gasteiger partial charge in [0, 0.05) is 18.6 Å². The molecule has 1 heterocycles. The largest absolute Gasteiger partial charge is 0.241 e. The van der Waals surface area contributed by atoms with Crippen molar-refractivity contribution in [2.75, 3.05) is 0 Å². The van der Waals surface area contributed by atoms with E-state index in [1.807, 2.05) is 6.07 Å². The Morgan fingerprint density at radius 1 is 1.38 bits per heavy atom. The van der Waals surface area contributed by atoms with E-state index in [2.05, 4.69) is 19.2 Å². The fraction of sp³-hybridized carbons (Fsp3) is 0.200. The Morgan fingerprint density at radius 2 is 2.00 bits per heavy atom. The second-order valence-electron chi connectivity index (χ2n) is 1.37. The summed E-state index contributed by atoms with van der Waals surface area (Å²) in [6.07, 6.45) is 4.32. The summed E-state index contributed by atoms with van der Waals surface area (Å²) < 4.78 is 0. The predicted molar refractivity (Wildman–Crippen MR) is 35.4 cm³/mol. The van der Waals surface area contributed by atoms with E-state index in [0.717, 1.165) is 12.0 Å². The van der Waals surface area contributed by atoms with Gasteiger partial charge in [0.25, 0.3) is 0 Å². The smallest absolute Gasteiger partial charge is 0.131 e. The molecule has 42 valence electrons. The van der Waals surface area contributed by atoms with Crippen molar-refractivity contribution in [3.63, 3.8) is 0 Å². The van der Waals surface area contributed by atoms with Crippen molar-refractivity contribution in [2.24, 2.45) is 0 Å². The van der Waals surface area contributed by atoms with Crippen molar-refractivity contribution in [1.82, 2.24) is 9.97 Å². The molecule has 0 aliphatic rings. The number of hydrogen-bond acceptors (Lipinski definition) is 2. The summed E-state index contributed by atoms with van der Waals surface area (Å²) in [5.74, 6) is 0.873. The fourth-order valence-electron chi connectivity index (χ4n) is 0.435.